The van der Waals surface area contributed by atoms with Crippen molar-refractivity contribution in [3.8, 4) is 0 Å². The van der Waals surface area contributed by atoms with Gasteiger partial charge in [0.25, 0.3) is 0 Å². The molecule has 1 aliphatic carbocycles. The lowest BCUT2D eigenvalue weighted by atomic mass is 9.79. The summed E-state index contributed by atoms with van der Waals surface area (Å²) in [5.41, 5.74) is 2.70. The molecule has 3 aliphatic rings. The van der Waals surface area contributed by atoms with E-state index in [-0.39, 0.29) is 23.8 Å². The minimum atomic E-state index is -0.583. The SMILES string of the molecule is COC(=O)C1Cc2c([nH]c3ccccc23)C2COC3(C)C=CC(=O)CC3N12. The van der Waals surface area contributed by atoms with E-state index in [1.807, 2.05) is 31.2 Å². The van der Waals surface area contributed by atoms with Crippen molar-refractivity contribution in [1.82, 2.24) is 9.88 Å². The van der Waals surface area contributed by atoms with Crippen molar-refractivity contribution in [2.75, 3.05) is 13.7 Å². The lowest BCUT2D eigenvalue weighted by Gasteiger charge is -2.55. The highest BCUT2D eigenvalue weighted by Gasteiger charge is 2.54. The van der Waals surface area contributed by atoms with Gasteiger partial charge in [0.15, 0.2) is 5.78 Å². The average Bonchev–Trinajstić information content (AvgIpc) is 3.06. The number of aromatic amines is 1. The molecule has 0 spiro atoms. The van der Waals surface area contributed by atoms with E-state index in [1.165, 1.54) is 7.11 Å². The van der Waals surface area contributed by atoms with Gasteiger partial charge in [0, 0.05) is 29.4 Å². The van der Waals surface area contributed by atoms with Crippen LogP contribution in [0.1, 0.15) is 30.6 Å². The van der Waals surface area contributed by atoms with Gasteiger partial charge in [-0.3, -0.25) is 14.5 Å². The Balaban J connectivity index is 1.68. The second-order valence-electron chi connectivity index (χ2n) is 7.78. The number of nitrogens with zero attached hydrogens (tertiary/aromatic N) is 1. The molecular weight excluding hydrogens is 344 g/mol. The van der Waals surface area contributed by atoms with Crippen molar-refractivity contribution < 1.29 is 19.1 Å². The van der Waals surface area contributed by atoms with Crippen LogP contribution in [0.5, 0.6) is 0 Å². The Labute approximate surface area is 157 Å². The number of rotatable bonds is 1. The van der Waals surface area contributed by atoms with Crippen LogP contribution in [0.25, 0.3) is 10.9 Å². The largest absolute Gasteiger partial charge is 0.468 e. The Kier molecular flexibility index (Phi) is 3.58. The molecule has 1 fully saturated rings. The third-order valence-corrected chi connectivity index (χ3v) is 6.34. The van der Waals surface area contributed by atoms with E-state index in [2.05, 4.69) is 16.0 Å². The Hall–Kier alpha value is -2.44. The van der Waals surface area contributed by atoms with Crippen molar-refractivity contribution in [2.45, 2.75) is 43.5 Å². The highest BCUT2D eigenvalue weighted by molar-refractivity contribution is 5.92. The fourth-order valence-corrected chi connectivity index (χ4v) is 4.97. The molecule has 6 heteroatoms. The highest BCUT2D eigenvalue weighted by atomic mass is 16.5. The number of ketones is 1. The number of methoxy groups -OCH3 is 1. The molecular formula is C21H22N2O4. The molecule has 0 radical (unpaired) electrons. The van der Waals surface area contributed by atoms with Gasteiger partial charge in [-0.2, -0.15) is 0 Å². The van der Waals surface area contributed by atoms with Gasteiger partial charge >= 0.3 is 5.97 Å². The molecule has 1 aromatic carbocycles. The predicted octanol–water partition coefficient (Wildman–Crippen LogP) is 2.30. The number of carbonyl (C=O) groups is 2. The minimum Gasteiger partial charge on any atom is -0.468 e. The maximum atomic E-state index is 12.7. The van der Waals surface area contributed by atoms with Gasteiger partial charge < -0.3 is 14.5 Å². The van der Waals surface area contributed by atoms with Gasteiger partial charge in [-0.15, -0.1) is 0 Å². The lowest BCUT2D eigenvalue weighted by Crippen LogP contribution is -2.66. The summed E-state index contributed by atoms with van der Waals surface area (Å²) in [5.74, 6) is -0.199. The Morgan fingerprint density at radius 2 is 2.15 bits per heavy atom. The topological polar surface area (TPSA) is 71.6 Å². The molecule has 1 N–H and O–H groups in total. The first-order valence-electron chi connectivity index (χ1n) is 9.32. The second kappa shape index (κ2) is 5.78. The number of para-hydroxylation sites is 1. The molecule has 3 heterocycles. The van der Waals surface area contributed by atoms with Crippen molar-refractivity contribution in [2.24, 2.45) is 0 Å². The smallest absolute Gasteiger partial charge is 0.323 e. The summed E-state index contributed by atoms with van der Waals surface area (Å²) >= 11 is 0. The van der Waals surface area contributed by atoms with Gasteiger partial charge in [0.1, 0.15) is 6.04 Å². The number of morpholine rings is 1. The molecule has 27 heavy (non-hydrogen) atoms. The van der Waals surface area contributed by atoms with Crippen LogP contribution in [-0.2, 0) is 25.5 Å². The fraction of sp³-hybridized carbons (Fsp3) is 0.429. The quantitative estimate of drug-likeness (QED) is 0.784. The van der Waals surface area contributed by atoms with Crippen LogP contribution < -0.4 is 0 Å². The van der Waals surface area contributed by atoms with E-state index in [0.29, 0.717) is 19.4 Å². The van der Waals surface area contributed by atoms with Crippen LogP contribution in [0.15, 0.2) is 36.4 Å². The summed E-state index contributed by atoms with van der Waals surface area (Å²) in [6.45, 7) is 2.45. The Morgan fingerprint density at radius 3 is 2.96 bits per heavy atom. The number of fused-ring (bicyclic) bond motifs is 7. The normalized spacial score (nSPS) is 32.7. The minimum absolute atomic E-state index is 0.0628. The molecule has 1 saturated heterocycles. The van der Waals surface area contributed by atoms with Crippen LogP contribution in [0, 0.1) is 0 Å². The maximum absolute atomic E-state index is 12.7. The predicted molar refractivity (Wildman–Crippen MR) is 99.3 cm³/mol. The average molecular weight is 366 g/mol. The monoisotopic (exact) mass is 366 g/mol. The molecule has 4 atom stereocenters. The molecule has 6 nitrogen and oxygen atoms in total. The van der Waals surface area contributed by atoms with Gasteiger partial charge in [-0.25, -0.2) is 0 Å². The summed E-state index contributed by atoms with van der Waals surface area (Å²) in [4.78, 5) is 30.6. The van der Waals surface area contributed by atoms with Crippen LogP contribution >= 0.6 is 0 Å². The number of benzene rings is 1. The van der Waals surface area contributed by atoms with E-state index in [9.17, 15) is 9.59 Å². The summed E-state index contributed by atoms with van der Waals surface area (Å²) in [5, 5.41) is 1.13. The molecule has 2 aromatic rings. The molecule has 140 valence electrons. The van der Waals surface area contributed by atoms with Crippen molar-refractivity contribution in [3.05, 3.63) is 47.7 Å². The third kappa shape index (κ3) is 2.33. The molecule has 1 aromatic heterocycles. The van der Waals surface area contributed by atoms with E-state index >= 15 is 0 Å². The Morgan fingerprint density at radius 1 is 1.33 bits per heavy atom. The molecule has 0 amide bonds. The van der Waals surface area contributed by atoms with E-state index < -0.39 is 11.6 Å². The number of hydrogen-bond donors (Lipinski definition) is 1. The van der Waals surface area contributed by atoms with Gasteiger partial charge in [0.2, 0.25) is 0 Å². The molecule has 2 aliphatic heterocycles. The second-order valence-corrected chi connectivity index (χ2v) is 7.78. The lowest BCUT2D eigenvalue weighted by molar-refractivity contribution is -0.180. The molecule has 4 unspecified atom stereocenters. The highest BCUT2D eigenvalue weighted by Crippen LogP contribution is 2.46. The van der Waals surface area contributed by atoms with Crippen LogP contribution in [-0.4, -0.2) is 53.0 Å². The Bertz CT molecular complexity index is 978. The van der Waals surface area contributed by atoms with Crippen LogP contribution in [0.2, 0.25) is 0 Å². The zero-order chi connectivity index (χ0) is 18.8. The first-order valence-corrected chi connectivity index (χ1v) is 9.32. The summed E-state index contributed by atoms with van der Waals surface area (Å²) in [7, 11) is 1.42. The zero-order valence-corrected chi connectivity index (χ0v) is 15.4. The van der Waals surface area contributed by atoms with Crippen molar-refractivity contribution in [3.63, 3.8) is 0 Å². The first-order chi connectivity index (χ1) is 13.0. The number of carbonyl (C=O) groups excluding carboxylic acids is 2. The standard InChI is InChI=1S/C21H22N2O4/c1-21-8-7-12(24)9-18(21)23-16(20(25)26-2)10-14-13-5-3-4-6-15(13)22-19(14)17(23)11-27-21/h3-8,16-18,22H,9-11H2,1-2H3. The fourth-order valence-electron chi connectivity index (χ4n) is 4.97. The molecule has 0 bridgehead atoms. The third-order valence-electron chi connectivity index (χ3n) is 6.34. The van der Waals surface area contributed by atoms with Crippen molar-refractivity contribution in [1.29, 1.82) is 0 Å². The van der Waals surface area contributed by atoms with Crippen molar-refractivity contribution >= 4 is 22.7 Å². The number of hydrogen-bond acceptors (Lipinski definition) is 5. The van der Waals surface area contributed by atoms with E-state index in [0.717, 1.165) is 22.2 Å². The number of H-pyrrole nitrogens is 1. The van der Waals surface area contributed by atoms with E-state index in [1.54, 1.807) is 6.08 Å². The van der Waals surface area contributed by atoms with Gasteiger partial charge in [-0.1, -0.05) is 18.2 Å². The summed E-state index contributed by atoms with van der Waals surface area (Å²) in [6.07, 6.45) is 4.34. The number of ether oxygens (including phenoxy) is 2. The number of allylic oxidation sites excluding steroid dienone is 1. The van der Waals surface area contributed by atoms with E-state index in [4.69, 9.17) is 9.47 Å². The van der Waals surface area contributed by atoms with Crippen LogP contribution in [0.3, 0.4) is 0 Å². The molecule has 5 rings (SSSR count). The summed E-state index contributed by atoms with van der Waals surface area (Å²) < 4.78 is 11.4. The number of nitrogens with one attached hydrogen (secondary N) is 1. The maximum Gasteiger partial charge on any atom is 0.323 e. The zero-order valence-electron chi connectivity index (χ0n) is 15.4. The van der Waals surface area contributed by atoms with Crippen LogP contribution in [0.4, 0.5) is 0 Å². The number of aromatic nitrogens is 1. The molecule has 0 saturated carbocycles. The summed E-state index contributed by atoms with van der Waals surface area (Å²) in [6, 6.07) is 7.40. The van der Waals surface area contributed by atoms with Gasteiger partial charge in [-0.05, 0) is 30.7 Å². The number of esters is 1. The first kappa shape index (κ1) is 16.7. The van der Waals surface area contributed by atoms with Gasteiger partial charge in [0.05, 0.1) is 31.4 Å².